The second kappa shape index (κ2) is 14.5. The molecule has 0 aliphatic rings. The van der Waals surface area contributed by atoms with Crippen LogP contribution in [0.25, 0.3) is 97.4 Å². The van der Waals surface area contributed by atoms with Crippen molar-refractivity contribution in [2.75, 3.05) is 4.90 Å². The lowest BCUT2D eigenvalue weighted by atomic mass is 9.95. The third-order valence-electron chi connectivity index (χ3n) is 12.1. The predicted octanol–water partition coefficient (Wildman–Crippen LogP) is 17.2. The Kier molecular flexibility index (Phi) is 8.39. The van der Waals surface area contributed by atoms with Gasteiger partial charge in [0.1, 0.15) is 11.2 Å². The van der Waals surface area contributed by atoms with Crippen molar-refractivity contribution < 1.29 is 4.42 Å². The molecule has 0 saturated heterocycles. The van der Waals surface area contributed by atoms with Crippen molar-refractivity contribution >= 4 is 81.3 Å². The molecule has 286 valence electrons. The first-order chi connectivity index (χ1) is 30.2. The van der Waals surface area contributed by atoms with Gasteiger partial charge in [-0.05, 0) is 122 Å². The summed E-state index contributed by atoms with van der Waals surface area (Å²) in [5.74, 6) is 0. The van der Waals surface area contributed by atoms with Gasteiger partial charge in [0.25, 0.3) is 0 Å². The summed E-state index contributed by atoms with van der Waals surface area (Å²) in [5.41, 5.74) is 14.7. The molecule has 0 bridgehead atoms. The van der Waals surface area contributed by atoms with Gasteiger partial charge >= 0.3 is 0 Å². The normalized spacial score (nSPS) is 11.6. The average molecular weight is 796 g/mol. The second-order valence-electron chi connectivity index (χ2n) is 15.7. The van der Waals surface area contributed by atoms with E-state index in [1.165, 1.54) is 69.9 Å². The highest BCUT2D eigenvalue weighted by molar-refractivity contribution is 7.26. The zero-order valence-electron chi connectivity index (χ0n) is 33.1. The summed E-state index contributed by atoms with van der Waals surface area (Å²) in [6, 6.07) is 81.2. The molecule has 2 aromatic heterocycles. The van der Waals surface area contributed by atoms with Gasteiger partial charge in [-0.1, -0.05) is 158 Å². The summed E-state index contributed by atoms with van der Waals surface area (Å²) >= 11 is 1.86. The largest absolute Gasteiger partial charge is 0.456 e. The Labute approximate surface area is 357 Å². The van der Waals surface area contributed by atoms with Crippen LogP contribution in [0.1, 0.15) is 0 Å². The number of para-hydroxylation sites is 1. The van der Waals surface area contributed by atoms with Gasteiger partial charge in [0.2, 0.25) is 0 Å². The Bertz CT molecular complexity index is 3590. The Morgan fingerprint density at radius 2 is 0.885 bits per heavy atom. The minimum atomic E-state index is 0.904. The van der Waals surface area contributed by atoms with Crippen LogP contribution in [0.5, 0.6) is 0 Å². The lowest BCUT2D eigenvalue weighted by Gasteiger charge is -2.26. The molecule has 2 heterocycles. The molecule has 0 N–H and O–H groups in total. The van der Waals surface area contributed by atoms with Crippen LogP contribution in [0.15, 0.2) is 229 Å². The number of fused-ring (bicyclic) bond motifs is 7. The highest BCUT2D eigenvalue weighted by Gasteiger charge is 2.19. The molecule has 0 aliphatic heterocycles. The van der Waals surface area contributed by atoms with Crippen LogP contribution in [0.2, 0.25) is 0 Å². The summed E-state index contributed by atoms with van der Waals surface area (Å²) < 4.78 is 8.81. The average Bonchev–Trinajstić information content (AvgIpc) is 3.91. The topological polar surface area (TPSA) is 16.4 Å². The van der Waals surface area contributed by atoms with Crippen molar-refractivity contribution in [3.8, 4) is 44.5 Å². The molecule has 0 unspecified atom stereocenters. The van der Waals surface area contributed by atoms with Gasteiger partial charge < -0.3 is 9.32 Å². The third kappa shape index (κ3) is 6.18. The summed E-state index contributed by atoms with van der Waals surface area (Å²) in [4.78, 5) is 2.41. The molecule has 3 heteroatoms. The maximum absolute atomic E-state index is 6.25. The van der Waals surface area contributed by atoms with Gasteiger partial charge in [-0.2, -0.15) is 0 Å². The smallest absolute Gasteiger partial charge is 0.136 e. The van der Waals surface area contributed by atoms with Gasteiger partial charge in [0, 0.05) is 37.6 Å². The van der Waals surface area contributed by atoms with E-state index in [-0.39, 0.29) is 0 Å². The van der Waals surface area contributed by atoms with E-state index in [0.29, 0.717) is 0 Å². The van der Waals surface area contributed by atoms with E-state index in [1.807, 2.05) is 23.5 Å². The van der Waals surface area contributed by atoms with E-state index in [2.05, 4.69) is 217 Å². The van der Waals surface area contributed by atoms with Crippen LogP contribution in [0.3, 0.4) is 0 Å². The third-order valence-corrected chi connectivity index (χ3v) is 13.3. The Morgan fingerprint density at radius 1 is 0.344 bits per heavy atom. The van der Waals surface area contributed by atoms with E-state index in [1.54, 1.807) is 0 Å². The number of rotatable bonds is 7. The molecular formula is C58H37NOS. The molecule has 0 atom stereocenters. The van der Waals surface area contributed by atoms with Crippen molar-refractivity contribution in [1.82, 2.24) is 0 Å². The molecule has 2 nitrogen and oxygen atoms in total. The lowest BCUT2D eigenvalue weighted by molar-refractivity contribution is 0.669. The zero-order valence-corrected chi connectivity index (χ0v) is 33.9. The summed E-state index contributed by atoms with van der Waals surface area (Å²) in [5, 5.41) is 7.36. The molecule has 0 radical (unpaired) electrons. The molecular weight excluding hydrogens is 759 g/mol. The minimum absolute atomic E-state index is 0.904. The van der Waals surface area contributed by atoms with Crippen LogP contribution >= 0.6 is 11.3 Å². The highest BCUT2D eigenvalue weighted by atomic mass is 32.1. The Morgan fingerprint density at radius 3 is 1.64 bits per heavy atom. The first-order valence-electron chi connectivity index (χ1n) is 20.7. The van der Waals surface area contributed by atoms with Crippen molar-refractivity contribution in [3.63, 3.8) is 0 Å². The highest BCUT2D eigenvalue weighted by Crippen LogP contribution is 2.46. The monoisotopic (exact) mass is 795 g/mol. The summed E-state index contributed by atoms with van der Waals surface area (Å²) in [7, 11) is 0. The van der Waals surface area contributed by atoms with E-state index >= 15 is 0 Å². The predicted molar refractivity (Wildman–Crippen MR) is 261 cm³/mol. The number of hydrogen-bond donors (Lipinski definition) is 0. The standard InChI is InChI=1S/C58H37NOS/c1-2-12-41-36-46(26-25-38(41)11-1)45-16-8-15-44(37-45)43-14-7-13-42(35-43)39-27-31-47(32-28-39)59(53-21-9-20-51-50-17-4-6-24-56(50)61-58(51)53)48-33-29-40(30-34-48)49-19-10-23-55-57(49)52-18-3-5-22-54(52)60-55/h1-37H. The molecule has 12 aromatic rings. The first-order valence-corrected chi connectivity index (χ1v) is 21.5. The minimum Gasteiger partial charge on any atom is -0.456 e. The molecule has 0 fully saturated rings. The summed E-state index contributed by atoms with van der Waals surface area (Å²) in [6.07, 6.45) is 0. The van der Waals surface area contributed by atoms with Gasteiger partial charge in [-0.15, -0.1) is 11.3 Å². The number of anilines is 3. The number of furan rings is 1. The van der Waals surface area contributed by atoms with Crippen LogP contribution in [-0.4, -0.2) is 0 Å². The zero-order chi connectivity index (χ0) is 40.3. The fourth-order valence-corrected chi connectivity index (χ4v) is 10.3. The maximum atomic E-state index is 6.25. The van der Waals surface area contributed by atoms with Crippen molar-refractivity contribution in [2.24, 2.45) is 0 Å². The van der Waals surface area contributed by atoms with Gasteiger partial charge in [0.05, 0.1) is 10.4 Å². The fourth-order valence-electron chi connectivity index (χ4n) is 9.07. The van der Waals surface area contributed by atoms with Crippen LogP contribution in [0.4, 0.5) is 17.1 Å². The van der Waals surface area contributed by atoms with Crippen molar-refractivity contribution in [3.05, 3.63) is 224 Å². The Balaban J connectivity index is 0.923. The Hall–Kier alpha value is -7.72. The molecule has 12 rings (SSSR count). The quantitative estimate of drug-likeness (QED) is 0.160. The molecule has 0 spiro atoms. The van der Waals surface area contributed by atoms with Crippen molar-refractivity contribution in [2.45, 2.75) is 0 Å². The number of benzene rings is 10. The molecule has 10 aromatic carbocycles. The SMILES string of the molecule is c1cc(-c2ccc(N(c3ccc(-c4cccc5oc6ccccc6c45)cc3)c3cccc4c3sc3ccccc34)cc2)cc(-c2cccc(-c3ccc4ccccc4c3)c2)c1. The fraction of sp³-hybridized carbons (Fsp3) is 0. The number of thiophene rings is 1. The van der Waals surface area contributed by atoms with E-state index in [0.717, 1.165) is 44.6 Å². The van der Waals surface area contributed by atoms with Crippen LogP contribution in [-0.2, 0) is 0 Å². The van der Waals surface area contributed by atoms with Gasteiger partial charge in [-0.3, -0.25) is 0 Å². The lowest BCUT2D eigenvalue weighted by Crippen LogP contribution is -2.10. The van der Waals surface area contributed by atoms with E-state index in [4.69, 9.17) is 4.42 Å². The number of nitrogens with zero attached hydrogens (tertiary/aromatic N) is 1. The molecule has 0 saturated carbocycles. The maximum Gasteiger partial charge on any atom is 0.136 e. The van der Waals surface area contributed by atoms with Gasteiger partial charge in [-0.25, -0.2) is 0 Å². The van der Waals surface area contributed by atoms with Crippen LogP contribution < -0.4 is 4.90 Å². The molecule has 0 amide bonds. The summed E-state index contributed by atoms with van der Waals surface area (Å²) in [6.45, 7) is 0. The van der Waals surface area contributed by atoms with E-state index < -0.39 is 0 Å². The van der Waals surface area contributed by atoms with Crippen LogP contribution in [0, 0.1) is 0 Å². The van der Waals surface area contributed by atoms with Gasteiger partial charge in [0.15, 0.2) is 0 Å². The first kappa shape index (κ1) is 35.2. The molecule has 61 heavy (non-hydrogen) atoms. The van der Waals surface area contributed by atoms with Crippen molar-refractivity contribution in [1.29, 1.82) is 0 Å². The second-order valence-corrected chi connectivity index (χ2v) is 16.7. The molecule has 0 aliphatic carbocycles. The number of hydrogen-bond acceptors (Lipinski definition) is 3. The van der Waals surface area contributed by atoms with E-state index in [9.17, 15) is 0 Å².